The van der Waals surface area contributed by atoms with Gasteiger partial charge >= 0.3 is 8.56 Å². The maximum atomic E-state index is 5.93. The average molecular weight is 274 g/mol. The topological polar surface area (TPSA) is 27.7 Å². The fourth-order valence-corrected chi connectivity index (χ4v) is 3.44. The number of hydrogen-bond acceptors (Lipinski definition) is 3. The van der Waals surface area contributed by atoms with Crippen LogP contribution in [0.2, 0.25) is 6.55 Å². The van der Waals surface area contributed by atoms with E-state index in [0.29, 0.717) is 0 Å². The van der Waals surface area contributed by atoms with Crippen LogP contribution in [0.25, 0.3) is 0 Å². The molecule has 19 heavy (non-hydrogen) atoms. The van der Waals surface area contributed by atoms with E-state index >= 15 is 0 Å². The van der Waals surface area contributed by atoms with E-state index in [9.17, 15) is 0 Å². The third kappa shape index (κ3) is 3.04. The highest BCUT2D eigenvalue weighted by Crippen LogP contribution is 2.22. The Labute approximate surface area is 115 Å². The summed E-state index contributed by atoms with van der Waals surface area (Å²) in [7, 11) is 0.954. The molecule has 0 aliphatic carbocycles. The summed E-state index contributed by atoms with van der Waals surface area (Å²) >= 11 is 0. The summed E-state index contributed by atoms with van der Waals surface area (Å²) < 4.78 is 17.1. The Balaban J connectivity index is 2.36. The Morgan fingerprint density at radius 1 is 0.789 bits per heavy atom. The lowest BCUT2D eigenvalue weighted by Crippen LogP contribution is -2.49. The number of benzene rings is 2. The zero-order valence-electron chi connectivity index (χ0n) is 11.4. The highest BCUT2D eigenvalue weighted by atomic mass is 28.4. The van der Waals surface area contributed by atoms with Crippen molar-refractivity contribution in [3.8, 4) is 11.5 Å². The van der Waals surface area contributed by atoms with Crippen LogP contribution in [0, 0.1) is 0 Å². The molecule has 0 radical (unpaired) electrons. The van der Waals surface area contributed by atoms with E-state index in [1.54, 1.807) is 14.2 Å². The minimum atomic E-state index is -2.40. The van der Waals surface area contributed by atoms with E-state index in [1.807, 2.05) is 61.1 Å². The molecule has 0 unspecified atom stereocenters. The number of rotatable bonds is 5. The average Bonchev–Trinajstić information content (AvgIpc) is 2.48. The molecule has 4 heteroatoms. The van der Waals surface area contributed by atoms with Gasteiger partial charge in [0.25, 0.3) is 0 Å². The summed E-state index contributed by atoms with van der Waals surface area (Å²) in [5, 5.41) is 0.990. The van der Waals surface area contributed by atoms with Gasteiger partial charge in [-0.1, -0.05) is 36.4 Å². The number of para-hydroxylation sites is 2. The van der Waals surface area contributed by atoms with Gasteiger partial charge in [-0.3, -0.25) is 0 Å². The van der Waals surface area contributed by atoms with E-state index in [-0.39, 0.29) is 0 Å². The van der Waals surface area contributed by atoms with Crippen molar-refractivity contribution in [1.29, 1.82) is 0 Å². The van der Waals surface area contributed by atoms with Gasteiger partial charge in [0.1, 0.15) is 11.5 Å². The van der Waals surface area contributed by atoms with Gasteiger partial charge in [0.2, 0.25) is 0 Å². The Bertz CT molecular complexity index is 524. The molecule has 0 saturated heterocycles. The second-order valence-electron chi connectivity index (χ2n) is 4.27. The van der Waals surface area contributed by atoms with Crippen molar-refractivity contribution >= 4 is 13.7 Å². The summed E-state index contributed by atoms with van der Waals surface area (Å²) in [5.41, 5.74) is 0. The Morgan fingerprint density at radius 2 is 1.37 bits per heavy atom. The van der Waals surface area contributed by atoms with Crippen molar-refractivity contribution in [3.05, 3.63) is 54.6 Å². The second-order valence-corrected chi connectivity index (χ2v) is 7.51. The molecule has 2 aromatic rings. The Morgan fingerprint density at radius 3 is 2.00 bits per heavy atom. The molecule has 0 heterocycles. The van der Waals surface area contributed by atoms with Crippen LogP contribution in [0.3, 0.4) is 0 Å². The van der Waals surface area contributed by atoms with Crippen LogP contribution in [-0.4, -0.2) is 22.8 Å². The minimum absolute atomic E-state index is 0.784. The molecule has 0 aromatic heterocycles. The van der Waals surface area contributed by atoms with Gasteiger partial charge in [0, 0.05) is 19.4 Å². The molecule has 100 valence electrons. The minimum Gasteiger partial charge on any atom is -0.457 e. The van der Waals surface area contributed by atoms with Gasteiger partial charge in [-0.05, 0) is 24.7 Å². The highest BCUT2D eigenvalue weighted by molar-refractivity contribution is 6.80. The van der Waals surface area contributed by atoms with Gasteiger partial charge < -0.3 is 13.6 Å². The van der Waals surface area contributed by atoms with E-state index in [4.69, 9.17) is 13.6 Å². The molecule has 0 amide bonds. The summed E-state index contributed by atoms with van der Waals surface area (Å²) in [5.74, 6) is 1.59. The lowest BCUT2D eigenvalue weighted by molar-refractivity contribution is 0.264. The van der Waals surface area contributed by atoms with E-state index in [0.717, 1.165) is 16.7 Å². The second kappa shape index (κ2) is 6.01. The van der Waals surface area contributed by atoms with Crippen LogP contribution in [0.5, 0.6) is 11.5 Å². The van der Waals surface area contributed by atoms with Crippen LogP contribution in [0.1, 0.15) is 0 Å². The summed E-state index contributed by atoms with van der Waals surface area (Å²) in [4.78, 5) is 0. The molecular weight excluding hydrogens is 256 g/mol. The van der Waals surface area contributed by atoms with Crippen molar-refractivity contribution in [2.24, 2.45) is 0 Å². The van der Waals surface area contributed by atoms with E-state index < -0.39 is 8.56 Å². The Kier molecular flexibility index (Phi) is 4.37. The molecule has 2 aromatic carbocycles. The van der Waals surface area contributed by atoms with Gasteiger partial charge in [-0.2, -0.15) is 0 Å². The third-order valence-electron chi connectivity index (χ3n) is 3.13. The van der Waals surface area contributed by atoms with Crippen LogP contribution in [0.15, 0.2) is 54.6 Å². The van der Waals surface area contributed by atoms with E-state index in [2.05, 4.69) is 0 Å². The standard InChI is InChI=1S/C15H18O3Si/c1-16-19(3,17-2)15-12-8-7-11-14(15)18-13-9-5-4-6-10-13/h4-12H,1-3H3. The number of ether oxygens (including phenoxy) is 1. The normalized spacial score (nSPS) is 11.3. The maximum absolute atomic E-state index is 5.93. The van der Waals surface area contributed by atoms with Gasteiger partial charge in [-0.15, -0.1) is 0 Å². The van der Waals surface area contributed by atoms with Crippen LogP contribution in [0.4, 0.5) is 0 Å². The summed E-state index contributed by atoms with van der Waals surface area (Å²) in [6, 6.07) is 17.6. The number of hydrogen-bond donors (Lipinski definition) is 0. The predicted octanol–water partition coefficient (Wildman–Crippen LogP) is 3.05. The SMILES string of the molecule is CO[Si](C)(OC)c1ccccc1Oc1ccccc1. The zero-order chi connectivity index (χ0) is 13.7. The molecule has 0 spiro atoms. The van der Waals surface area contributed by atoms with Crippen LogP contribution >= 0.6 is 0 Å². The molecule has 2 rings (SSSR count). The first kappa shape index (κ1) is 13.8. The first-order valence-corrected chi connectivity index (χ1v) is 8.44. The van der Waals surface area contributed by atoms with Crippen molar-refractivity contribution in [3.63, 3.8) is 0 Å². The zero-order valence-corrected chi connectivity index (χ0v) is 12.4. The predicted molar refractivity (Wildman–Crippen MR) is 78.2 cm³/mol. The molecule has 0 aliphatic heterocycles. The fourth-order valence-electron chi connectivity index (χ4n) is 1.85. The van der Waals surface area contributed by atoms with E-state index in [1.165, 1.54) is 0 Å². The van der Waals surface area contributed by atoms with Gasteiger partial charge in [0.05, 0.1) is 0 Å². The Hall–Kier alpha value is -1.62. The monoisotopic (exact) mass is 274 g/mol. The summed E-state index contributed by atoms with van der Waals surface area (Å²) in [6.45, 7) is 2.00. The maximum Gasteiger partial charge on any atom is 0.372 e. The third-order valence-corrected chi connectivity index (χ3v) is 6.08. The lowest BCUT2D eigenvalue weighted by Gasteiger charge is -2.25. The molecule has 0 saturated carbocycles. The van der Waals surface area contributed by atoms with Crippen molar-refractivity contribution < 1.29 is 13.6 Å². The van der Waals surface area contributed by atoms with Crippen molar-refractivity contribution in [1.82, 2.24) is 0 Å². The smallest absolute Gasteiger partial charge is 0.372 e. The molecule has 0 bridgehead atoms. The van der Waals surface area contributed by atoms with Crippen molar-refractivity contribution in [2.75, 3.05) is 14.2 Å². The lowest BCUT2D eigenvalue weighted by atomic mass is 10.3. The fraction of sp³-hybridized carbons (Fsp3) is 0.200. The van der Waals surface area contributed by atoms with Crippen molar-refractivity contribution in [2.45, 2.75) is 6.55 Å². The van der Waals surface area contributed by atoms with Crippen LogP contribution in [-0.2, 0) is 8.85 Å². The molecule has 0 fully saturated rings. The summed E-state index contributed by atoms with van der Waals surface area (Å²) in [6.07, 6.45) is 0. The van der Waals surface area contributed by atoms with Gasteiger partial charge in [-0.25, -0.2) is 0 Å². The molecular formula is C15H18O3Si. The quantitative estimate of drug-likeness (QED) is 0.784. The molecule has 0 aliphatic rings. The molecule has 0 N–H and O–H groups in total. The molecule has 0 atom stereocenters. The largest absolute Gasteiger partial charge is 0.457 e. The highest BCUT2D eigenvalue weighted by Gasteiger charge is 2.34. The van der Waals surface area contributed by atoms with Gasteiger partial charge in [0.15, 0.2) is 0 Å². The van der Waals surface area contributed by atoms with Crippen LogP contribution < -0.4 is 9.92 Å². The molecule has 3 nitrogen and oxygen atoms in total. The first-order valence-electron chi connectivity index (χ1n) is 6.12. The first-order chi connectivity index (χ1) is 9.19.